The third-order valence-electron chi connectivity index (χ3n) is 5.67. The van der Waals surface area contributed by atoms with Crippen LogP contribution in [0.4, 0.5) is 0 Å². The van der Waals surface area contributed by atoms with Gasteiger partial charge < -0.3 is 10.1 Å². The molecule has 3 heteroatoms. The molecule has 0 unspecified atom stereocenters. The van der Waals surface area contributed by atoms with Crippen LogP contribution >= 0.6 is 0 Å². The van der Waals surface area contributed by atoms with Crippen LogP contribution in [0, 0.1) is 0 Å². The lowest BCUT2D eigenvalue weighted by molar-refractivity contribution is 0.117. The van der Waals surface area contributed by atoms with Gasteiger partial charge in [-0.25, -0.2) is 0 Å². The molecule has 2 aliphatic rings. The Kier molecular flexibility index (Phi) is 5.49. The van der Waals surface area contributed by atoms with Crippen molar-refractivity contribution in [2.75, 3.05) is 6.54 Å². The molecule has 0 atom stereocenters. The van der Waals surface area contributed by atoms with Gasteiger partial charge in [0.2, 0.25) is 0 Å². The highest BCUT2D eigenvalue weighted by Gasteiger charge is 2.23. The van der Waals surface area contributed by atoms with Crippen LogP contribution in [0.1, 0.15) is 48.4 Å². The number of fused-ring (bicyclic) bond motifs is 1. The lowest BCUT2D eigenvalue weighted by Gasteiger charge is -2.32. The summed E-state index contributed by atoms with van der Waals surface area (Å²) in [6, 6.07) is 15.5. The van der Waals surface area contributed by atoms with Crippen LogP contribution in [0.15, 0.2) is 54.7 Å². The predicted molar refractivity (Wildman–Crippen MR) is 111 cm³/mol. The summed E-state index contributed by atoms with van der Waals surface area (Å²) in [5, 5.41) is 3.28. The van der Waals surface area contributed by atoms with Crippen LogP contribution in [-0.4, -0.2) is 17.5 Å². The summed E-state index contributed by atoms with van der Waals surface area (Å²) in [4.78, 5) is 2.54. The number of nitrogens with zero attached hydrogens (tertiary/aromatic N) is 1. The summed E-state index contributed by atoms with van der Waals surface area (Å²) in [6.07, 6.45) is 5.28. The van der Waals surface area contributed by atoms with Gasteiger partial charge in [-0.15, -0.1) is 0 Å². The Morgan fingerprint density at radius 2 is 1.93 bits per heavy atom. The molecule has 0 saturated heterocycles. The van der Waals surface area contributed by atoms with E-state index in [1.807, 2.05) is 6.92 Å². The summed E-state index contributed by atoms with van der Waals surface area (Å²) >= 11 is 0. The molecule has 0 spiro atoms. The maximum Gasteiger partial charge on any atom is 0.123 e. The normalized spacial score (nSPS) is 17.1. The van der Waals surface area contributed by atoms with E-state index in [9.17, 15) is 0 Å². The summed E-state index contributed by atoms with van der Waals surface area (Å²) in [5.41, 5.74) is 6.54. The van der Waals surface area contributed by atoms with Crippen molar-refractivity contribution in [1.29, 1.82) is 0 Å². The number of ether oxygens (including phenoxy) is 1. The maximum absolute atomic E-state index is 6.22. The van der Waals surface area contributed by atoms with E-state index in [0.717, 1.165) is 44.0 Å². The molecule has 3 nitrogen and oxygen atoms in total. The molecule has 1 fully saturated rings. The van der Waals surface area contributed by atoms with Crippen LogP contribution in [-0.2, 0) is 26.1 Å². The minimum absolute atomic E-state index is 0.451. The van der Waals surface area contributed by atoms with Gasteiger partial charge in [-0.1, -0.05) is 43.0 Å². The van der Waals surface area contributed by atoms with Gasteiger partial charge in [0.25, 0.3) is 0 Å². The molecule has 0 bridgehead atoms. The molecule has 1 heterocycles. The molecule has 4 rings (SSSR count). The highest BCUT2D eigenvalue weighted by atomic mass is 16.5. The quantitative estimate of drug-likeness (QED) is 0.766. The minimum atomic E-state index is 0.451. The molecule has 1 aliphatic carbocycles. The first-order valence-corrected chi connectivity index (χ1v) is 10.1. The SMILES string of the molecule is C=C(C)NCc1ccc(CN2CCc3c(cccc3OC3CCC3)C2)cc1. The largest absolute Gasteiger partial charge is 0.490 e. The van der Waals surface area contributed by atoms with Crippen molar-refractivity contribution >= 4 is 0 Å². The summed E-state index contributed by atoms with van der Waals surface area (Å²) in [7, 11) is 0. The third kappa shape index (κ3) is 4.54. The Bertz CT molecular complexity index is 793. The number of benzene rings is 2. The van der Waals surface area contributed by atoms with Crippen molar-refractivity contribution in [3.8, 4) is 5.75 Å². The van der Waals surface area contributed by atoms with Crippen LogP contribution in [0.2, 0.25) is 0 Å². The van der Waals surface area contributed by atoms with Gasteiger partial charge in [0.1, 0.15) is 5.75 Å². The predicted octanol–water partition coefficient (Wildman–Crippen LogP) is 4.80. The van der Waals surface area contributed by atoms with E-state index in [1.165, 1.54) is 41.5 Å². The Balaban J connectivity index is 1.37. The van der Waals surface area contributed by atoms with Crippen molar-refractivity contribution in [3.63, 3.8) is 0 Å². The van der Waals surface area contributed by atoms with Crippen molar-refractivity contribution in [2.24, 2.45) is 0 Å². The van der Waals surface area contributed by atoms with Crippen LogP contribution in [0.3, 0.4) is 0 Å². The van der Waals surface area contributed by atoms with E-state index >= 15 is 0 Å². The van der Waals surface area contributed by atoms with Gasteiger partial charge in [-0.3, -0.25) is 4.90 Å². The zero-order chi connectivity index (χ0) is 18.6. The standard InChI is InChI=1S/C24H30N2O/c1-18(2)25-15-19-9-11-20(12-10-19)16-26-14-13-23-21(17-26)5-3-8-24(23)27-22-6-4-7-22/h3,5,8-12,22,25H,1,4,6-7,13-17H2,2H3. The fourth-order valence-electron chi connectivity index (χ4n) is 3.82. The average molecular weight is 363 g/mol. The third-order valence-corrected chi connectivity index (χ3v) is 5.67. The molecule has 0 radical (unpaired) electrons. The van der Waals surface area contributed by atoms with Crippen molar-refractivity contribution < 1.29 is 4.74 Å². The van der Waals surface area contributed by atoms with Crippen LogP contribution in [0.25, 0.3) is 0 Å². The van der Waals surface area contributed by atoms with E-state index in [0.29, 0.717) is 6.10 Å². The summed E-state index contributed by atoms with van der Waals surface area (Å²) in [6.45, 7) is 9.83. The van der Waals surface area contributed by atoms with Gasteiger partial charge in [0.15, 0.2) is 0 Å². The highest BCUT2D eigenvalue weighted by Crippen LogP contribution is 2.32. The second kappa shape index (κ2) is 8.18. The van der Waals surface area contributed by atoms with E-state index < -0.39 is 0 Å². The zero-order valence-electron chi connectivity index (χ0n) is 16.3. The Morgan fingerprint density at radius 1 is 1.15 bits per heavy atom. The molecule has 0 amide bonds. The summed E-state index contributed by atoms with van der Waals surface area (Å²) in [5.74, 6) is 1.13. The van der Waals surface area contributed by atoms with Gasteiger partial charge >= 0.3 is 0 Å². The molecule has 1 saturated carbocycles. The first-order valence-electron chi connectivity index (χ1n) is 10.1. The number of allylic oxidation sites excluding steroid dienone is 1. The van der Waals surface area contributed by atoms with Crippen molar-refractivity contribution in [3.05, 3.63) is 77.0 Å². The monoisotopic (exact) mass is 362 g/mol. The van der Waals surface area contributed by atoms with Crippen LogP contribution in [0.5, 0.6) is 5.75 Å². The molecule has 142 valence electrons. The molecule has 1 N–H and O–H groups in total. The van der Waals surface area contributed by atoms with E-state index in [4.69, 9.17) is 4.74 Å². The highest BCUT2D eigenvalue weighted by molar-refractivity contribution is 5.42. The Hall–Kier alpha value is -2.26. The minimum Gasteiger partial charge on any atom is -0.490 e. The summed E-state index contributed by atoms with van der Waals surface area (Å²) < 4.78 is 6.22. The first kappa shape index (κ1) is 18.1. The van der Waals surface area contributed by atoms with Gasteiger partial charge in [-0.2, -0.15) is 0 Å². The van der Waals surface area contributed by atoms with E-state index in [2.05, 4.69) is 59.3 Å². The molecular formula is C24H30N2O. The zero-order valence-corrected chi connectivity index (χ0v) is 16.3. The van der Waals surface area contributed by atoms with Gasteiger partial charge in [0, 0.05) is 31.9 Å². The number of hydrogen-bond donors (Lipinski definition) is 1. The molecule has 2 aromatic rings. The lowest BCUT2D eigenvalue weighted by Crippen LogP contribution is -2.31. The topological polar surface area (TPSA) is 24.5 Å². The maximum atomic E-state index is 6.22. The van der Waals surface area contributed by atoms with E-state index in [1.54, 1.807) is 0 Å². The van der Waals surface area contributed by atoms with E-state index in [-0.39, 0.29) is 0 Å². The van der Waals surface area contributed by atoms with Gasteiger partial charge in [0.05, 0.1) is 6.10 Å². The Labute approximate surface area is 163 Å². The Morgan fingerprint density at radius 3 is 2.63 bits per heavy atom. The number of rotatable bonds is 7. The van der Waals surface area contributed by atoms with Crippen LogP contribution < -0.4 is 10.1 Å². The second-order valence-electron chi connectivity index (χ2n) is 7.98. The molecule has 1 aliphatic heterocycles. The number of hydrogen-bond acceptors (Lipinski definition) is 3. The molecule has 27 heavy (non-hydrogen) atoms. The molecule has 2 aromatic carbocycles. The van der Waals surface area contributed by atoms with Crippen molar-refractivity contribution in [2.45, 2.75) is 58.3 Å². The number of nitrogens with one attached hydrogen (secondary N) is 1. The van der Waals surface area contributed by atoms with Gasteiger partial charge in [-0.05, 0) is 60.9 Å². The second-order valence-corrected chi connectivity index (χ2v) is 7.98. The average Bonchev–Trinajstić information content (AvgIpc) is 2.64. The fourth-order valence-corrected chi connectivity index (χ4v) is 3.82. The molecular weight excluding hydrogens is 332 g/mol. The smallest absolute Gasteiger partial charge is 0.123 e. The molecule has 0 aromatic heterocycles. The fraction of sp³-hybridized carbons (Fsp3) is 0.417. The lowest BCUT2D eigenvalue weighted by atomic mass is 9.95. The van der Waals surface area contributed by atoms with Crippen molar-refractivity contribution in [1.82, 2.24) is 10.2 Å². The first-order chi connectivity index (χ1) is 13.2.